The predicted octanol–water partition coefficient (Wildman–Crippen LogP) is 3.68. The molecule has 0 aliphatic rings. The molecule has 2 aromatic heterocycles. The van der Waals surface area contributed by atoms with Crippen molar-refractivity contribution in [1.82, 2.24) is 9.78 Å². The average molecular weight is 428 g/mol. The van der Waals surface area contributed by atoms with E-state index in [9.17, 15) is 14.4 Å². The lowest BCUT2D eigenvalue weighted by Crippen LogP contribution is -2.16. The van der Waals surface area contributed by atoms with E-state index in [2.05, 4.69) is 10.4 Å². The SMILES string of the molecule is CCCOC(=O)c1c(NC(=O)CCn2cc(Cl)cn2)sc(C(=O)OCC)c1C. The Morgan fingerprint density at radius 3 is 2.61 bits per heavy atom. The minimum atomic E-state index is -0.583. The molecular weight excluding hydrogens is 406 g/mol. The van der Waals surface area contributed by atoms with Crippen LogP contribution in [0.4, 0.5) is 5.00 Å². The lowest BCUT2D eigenvalue weighted by atomic mass is 10.1. The van der Waals surface area contributed by atoms with E-state index < -0.39 is 11.9 Å². The molecule has 0 radical (unpaired) electrons. The molecule has 0 saturated heterocycles. The number of aryl methyl sites for hydroxylation is 1. The summed E-state index contributed by atoms with van der Waals surface area (Å²) in [6.45, 7) is 5.98. The zero-order chi connectivity index (χ0) is 20.7. The van der Waals surface area contributed by atoms with Gasteiger partial charge in [-0.15, -0.1) is 11.3 Å². The number of rotatable bonds is 9. The number of thiophene rings is 1. The number of aromatic nitrogens is 2. The summed E-state index contributed by atoms with van der Waals surface area (Å²) < 4.78 is 11.8. The van der Waals surface area contributed by atoms with Crippen molar-refractivity contribution < 1.29 is 23.9 Å². The molecule has 2 heterocycles. The van der Waals surface area contributed by atoms with Gasteiger partial charge < -0.3 is 14.8 Å². The summed E-state index contributed by atoms with van der Waals surface area (Å²) in [5.74, 6) is -1.45. The van der Waals surface area contributed by atoms with Gasteiger partial charge >= 0.3 is 11.9 Å². The summed E-state index contributed by atoms with van der Waals surface area (Å²) in [5.41, 5.74) is 0.607. The average Bonchev–Trinajstić information content (AvgIpc) is 3.21. The van der Waals surface area contributed by atoms with Crippen LogP contribution in [-0.2, 0) is 20.8 Å². The van der Waals surface area contributed by atoms with Gasteiger partial charge in [0.2, 0.25) is 5.91 Å². The highest BCUT2D eigenvalue weighted by molar-refractivity contribution is 7.18. The molecular formula is C18H22ClN3O5S. The highest BCUT2D eigenvalue weighted by Gasteiger charge is 2.27. The fourth-order valence-electron chi connectivity index (χ4n) is 2.37. The fraction of sp³-hybridized carbons (Fsp3) is 0.444. The number of nitrogens with zero attached hydrogens (tertiary/aromatic N) is 2. The Balaban J connectivity index is 2.19. The normalized spacial score (nSPS) is 10.6. The summed E-state index contributed by atoms with van der Waals surface area (Å²) in [6, 6.07) is 0. The molecule has 2 aromatic rings. The van der Waals surface area contributed by atoms with Crippen LogP contribution in [0, 0.1) is 6.92 Å². The van der Waals surface area contributed by atoms with Gasteiger partial charge in [0.1, 0.15) is 9.88 Å². The number of halogens is 1. The molecule has 10 heteroatoms. The van der Waals surface area contributed by atoms with Crippen molar-refractivity contribution in [3.05, 3.63) is 33.4 Å². The van der Waals surface area contributed by atoms with Crippen LogP contribution < -0.4 is 5.32 Å². The molecule has 0 aliphatic heterocycles. The lowest BCUT2D eigenvalue weighted by Gasteiger charge is -2.08. The first kappa shape index (κ1) is 21.9. The number of carbonyl (C=O) groups excluding carboxylic acids is 3. The molecule has 0 bridgehead atoms. The topological polar surface area (TPSA) is 99.5 Å². The summed E-state index contributed by atoms with van der Waals surface area (Å²) in [4.78, 5) is 37.2. The Morgan fingerprint density at radius 2 is 2.00 bits per heavy atom. The molecule has 0 aliphatic carbocycles. The number of hydrogen-bond acceptors (Lipinski definition) is 7. The van der Waals surface area contributed by atoms with Crippen molar-refractivity contribution in [3.8, 4) is 0 Å². The first-order valence-corrected chi connectivity index (χ1v) is 10.0. The van der Waals surface area contributed by atoms with E-state index >= 15 is 0 Å². The van der Waals surface area contributed by atoms with Crippen molar-refractivity contribution >= 4 is 45.8 Å². The van der Waals surface area contributed by atoms with Gasteiger partial charge in [0.15, 0.2) is 0 Å². The summed E-state index contributed by atoms with van der Waals surface area (Å²) in [7, 11) is 0. The summed E-state index contributed by atoms with van der Waals surface area (Å²) in [5, 5.41) is 7.46. The molecule has 1 amide bonds. The van der Waals surface area contributed by atoms with Crippen LogP contribution in [0.25, 0.3) is 0 Å². The van der Waals surface area contributed by atoms with Crippen molar-refractivity contribution in [2.24, 2.45) is 0 Å². The third kappa shape index (κ3) is 5.56. The quantitative estimate of drug-likeness (QED) is 0.613. The van der Waals surface area contributed by atoms with Crippen LogP contribution in [0.2, 0.25) is 5.02 Å². The molecule has 0 atom stereocenters. The van der Waals surface area contributed by atoms with E-state index in [0.29, 0.717) is 23.6 Å². The number of nitrogens with one attached hydrogen (secondary N) is 1. The third-order valence-corrected chi connectivity index (χ3v) is 5.05. The van der Waals surface area contributed by atoms with Crippen molar-refractivity contribution in [3.63, 3.8) is 0 Å². The van der Waals surface area contributed by atoms with Gasteiger partial charge in [-0.25, -0.2) is 9.59 Å². The molecule has 0 fully saturated rings. The number of carbonyl (C=O) groups is 3. The van der Waals surface area contributed by atoms with Gasteiger partial charge in [-0.1, -0.05) is 18.5 Å². The Hall–Kier alpha value is -2.39. The zero-order valence-corrected chi connectivity index (χ0v) is 17.5. The monoisotopic (exact) mass is 427 g/mol. The molecule has 8 nitrogen and oxygen atoms in total. The smallest absolute Gasteiger partial charge is 0.348 e. The van der Waals surface area contributed by atoms with Crippen LogP contribution in [-0.4, -0.2) is 40.8 Å². The first-order chi connectivity index (χ1) is 13.4. The molecule has 152 valence electrons. The van der Waals surface area contributed by atoms with E-state index in [-0.39, 0.29) is 41.0 Å². The van der Waals surface area contributed by atoms with Gasteiger partial charge in [-0.05, 0) is 25.8 Å². The van der Waals surface area contributed by atoms with Gasteiger partial charge in [-0.2, -0.15) is 5.10 Å². The number of anilines is 1. The highest BCUT2D eigenvalue weighted by atomic mass is 35.5. The molecule has 2 rings (SSSR count). The Labute approximate surface area is 171 Å². The molecule has 1 N–H and O–H groups in total. The van der Waals surface area contributed by atoms with Crippen LogP contribution in [0.3, 0.4) is 0 Å². The van der Waals surface area contributed by atoms with Gasteiger partial charge in [0, 0.05) is 19.2 Å². The van der Waals surface area contributed by atoms with Gasteiger partial charge in [0.05, 0.1) is 30.0 Å². The van der Waals surface area contributed by atoms with E-state index in [0.717, 1.165) is 11.3 Å². The van der Waals surface area contributed by atoms with Gasteiger partial charge in [-0.3, -0.25) is 9.48 Å². The Morgan fingerprint density at radius 1 is 1.25 bits per heavy atom. The maximum Gasteiger partial charge on any atom is 0.348 e. The highest BCUT2D eigenvalue weighted by Crippen LogP contribution is 2.34. The van der Waals surface area contributed by atoms with Crippen molar-refractivity contribution in [1.29, 1.82) is 0 Å². The van der Waals surface area contributed by atoms with E-state index in [4.69, 9.17) is 21.1 Å². The van der Waals surface area contributed by atoms with Crippen LogP contribution in [0.5, 0.6) is 0 Å². The van der Waals surface area contributed by atoms with Crippen molar-refractivity contribution in [2.45, 2.75) is 40.2 Å². The second-order valence-corrected chi connectivity index (χ2v) is 7.29. The Bertz CT molecular complexity index is 862. The summed E-state index contributed by atoms with van der Waals surface area (Å²) >= 11 is 6.80. The number of esters is 2. The number of amides is 1. The molecule has 0 saturated carbocycles. The molecule has 0 unspecified atom stereocenters. The molecule has 0 spiro atoms. The lowest BCUT2D eigenvalue weighted by molar-refractivity contribution is -0.116. The predicted molar refractivity (Wildman–Crippen MR) is 106 cm³/mol. The molecule has 28 heavy (non-hydrogen) atoms. The van der Waals surface area contributed by atoms with Crippen LogP contribution in [0.1, 0.15) is 52.3 Å². The first-order valence-electron chi connectivity index (χ1n) is 8.82. The largest absolute Gasteiger partial charge is 0.462 e. The van der Waals surface area contributed by atoms with Crippen molar-refractivity contribution in [2.75, 3.05) is 18.5 Å². The molecule has 0 aromatic carbocycles. The van der Waals surface area contributed by atoms with Crippen LogP contribution >= 0.6 is 22.9 Å². The third-order valence-electron chi connectivity index (χ3n) is 3.67. The maximum absolute atomic E-state index is 12.5. The number of hydrogen-bond donors (Lipinski definition) is 1. The summed E-state index contributed by atoms with van der Waals surface area (Å²) in [6.07, 6.45) is 3.87. The van der Waals surface area contributed by atoms with E-state index in [1.54, 1.807) is 24.7 Å². The minimum Gasteiger partial charge on any atom is -0.462 e. The fourth-order valence-corrected chi connectivity index (χ4v) is 3.63. The van der Waals surface area contributed by atoms with Crippen LogP contribution in [0.15, 0.2) is 12.4 Å². The van der Waals surface area contributed by atoms with Gasteiger partial charge in [0.25, 0.3) is 0 Å². The Kier molecular flexibility index (Phi) is 8.01. The zero-order valence-electron chi connectivity index (χ0n) is 15.9. The number of ether oxygens (including phenoxy) is 2. The van der Waals surface area contributed by atoms with E-state index in [1.807, 2.05) is 6.92 Å². The second kappa shape index (κ2) is 10.2. The maximum atomic E-state index is 12.5. The minimum absolute atomic E-state index is 0.118. The second-order valence-electron chi connectivity index (χ2n) is 5.84. The van der Waals surface area contributed by atoms with E-state index in [1.165, 1.54) is 6.20 Å². The standard InChI is InChI=1S/C18H22ClN3O5S/c1-4-8-27-17(24)14-11(3)15(18(25)26-5-2)28-16(14)21-13(23)6-7-22-10-12(19)9-20-22/h9-10H,4-8H2,1-3H3,(H,21,23).